The molecule has 2 bridgehead atoms. The highest BCUT2D eigenvalue weighted by Crippen LogP contribution is 2.76. The van der Waals surface area contributed by atoms with Crippen LogP contribution >= 0.6 is 46.4 Å². The zero-order valence-corrected chi connectivity index (χ0v) is 14.5. The Morgan fingerprint density at radius 3 is 1.70 bits per heavy atom. The Kier molecular flexibility index (Phi) is 3.85. The van der Waals surface area contributed by atoms with Gasteiger partial charge in [0.15, 0.2) is 0 Å². The molecule has 3 aliphatic rings. The van der Waals surface area contributed by atoms with E-state index in [4.69, 9.17) is 55.9 Å². The summed E-state index contributed by atoms with van der Waals surface area (Å²) in [5, 5.41) is 0.807. The molecule has 20 heavy (non-hydrogen) atoms. The second-order valence-electron chi connectivity index (χ2n) is 5.68. The van der Waals surface area contributed by atoms with Gasteiger partial charge in [0.05, 0.1) is 10.1 Å². The van der Waals surface area contributed by atoms with Crippen LogP contribution in [0.5, 0.6) is 0 Å². The van der Waals surface area contributed by atoms with Gasteiger partial charge in [-0.05, 0) is 38.5 Å². The number of hydrogen-bond donors (Lipinski definition) is 0. The SMILES string of the molecule is CCOC1(OCC)[C@@]2(Cl)C(Cl)=C(Cl)[C@@]1(Cl)[C@H]1CCC[C@@H]12. The van der Waals surface area contributed by atoms with Crippen LogP contribution in [0.2, 0.25) is 0 Å². The largest absolute Gasteiger partial charge is 0.346 e. The van der Waals surface area contributed by atoms with Crippen molar-refractivity contribution in [1.82, 2.24) is 0 Å². The average molecular weight is 360 g/mol. The third-order valence-corrected chi connectivity index (χ3v) is 7.72. The molecule has 0 aromatic heterocycles. The van der Waals surface area contributed by atoms with Gasteiger partial charge < -0.3 is 9.47 Å². The molecule has 0 heterocycles. The molecule has 0 saturated heterocycles. The van der Waals surface area contributed by atoms with Crippen LogP contribution in [0.3, 0.4) is 0 Å². The summed E-state index contributed by atoms with van der Waals surface area (Å²) in [6, 6.07) is 0. The van der Waals surface area contributed by atoms with Crippen LogP contribution in [0.4, 0.5) is 0 Å². The molecular formula is C14H18Cl4O2. The lowest BCUT2D eigenvalue weighted by molar-refractivity contribution is -0.246. The van der Waals surface area contributed by atoms with Crippen LogP contribution in [0.1, 0.15) is 33.1 Å². The van der Waals surface area contributed by atoms with Crippen molar-refractivity contribution in [1.29, 1.82) is 0 Å². The van der Waals surface area contributed by atoms with Gasteiger partial charge >= 0.3 is 0 Å². The van der Waals surface area contributed by atoms with E-state index in [1.165, 1.54) is 0 Å². The molecule has 2 fully saturated rings. The fourth-order valence-electron chi connectivity index (χ4n) is 4.47. The van der Waals surface area contributed by atoms with E-state index in [1.54, 1.807) is 0 Å². The molecule has 114 valence electrons. The highest BCUT2D eigenvalue weighted by atomic mass is 35.5. The Morgan fingerprint density at radius 2 is 1.35 bits per heavy atom. The van der Waals surface area contributed by atoms with Crippen molar-refractivity contribution in [2.45, 2.75) is 48.6 Å². The molecule has 3 rings (SSSR count). The summed E-state index contributed by atoms with van der Waals surface area (Å²) in [4.78, 5) is -1.94. The monoisotopic (exact) mass is 358 g/mol. The molecule has 4 atom stereocenters. The molecule has 0 aromatic carbocycles. The molecule has 0 spiro atoms. The summed E-state index contributed by atoms with van der Waals surface area (Å²) in [6.07, 6.45) is 3.04. The molecular weight excluding hydrogens is 342 g/mol. The van der Waals surface area contributed by atoms with Crippen LogP contribution in [0, 0.1) is 11.8 Å². The highest BCUT2D eigenvalue weighted by Gasteiger charge is 2.85. The van der Waals surface area contributed by atoms with Crippen molar-refractivity contribution in [3.8, 4) is 0 Å². The standard InChI is InChI=1S/C14H18Cl4O2/c1-3-19-14(20-4-2)12(17)8-6-5-7-9(8)13(14,18)11(16)10(12)15/h8-9H,3-7H2,1-2H3/t8-,9-,12-,13-/m0/s1. The summed E-state index contributed by atoms with van der Waals surface area (Å²) in [5.74, 6) is -0.874. The van der Waals surface area contributed by atoms with Gasteiger partial charge in [-0.25, -0.2) is 0 Å². The zero-order valence-electron chi connectivity index (χ0n) is 11.5. The second-order valence-corrected chi connectivity index (χ2v) is 7.63. The van der Waals surface area contributed by atoms with Gasteiger partial charge in [0.2, 0.25) is 5.79 Å². The molecule has 0 N–H and O–H groups in total. The van der Waals surface area contributed by atoms with Gasteiger partial charge in [-0.3, -0.25) is 0 Å². The van der Waals surface area contributed by atoms with Crippen molar-refractivity contribution < 1.29 is 9.47 Å². The molecule has 0 radical (unpaired) electrons. The average Bonchev–Trinajstić information content (AvgIpc) is 2.99. The number of halogens is 4. The predicted octanol–water partition coefficient (Wildman–Crippen LogP) is 4.84. The maximum Gasteiger partial charge on any atom is 0.218 e. The smallest absolute Gasteiger partial charge is 0.218 e. The summed E-state index contributed by atoms with van der Waals surface area (Å²) in [5.41, 5.74) is 0. The normalized spacial score (nSPS) is 45.3. The third-order valence-electron chi connectivity index (χ3n) is 5.02. The van der Waals surface area contributed by atoms with E-state index in [2.05, 4.69) is 0 Å². The minimum atomic E-state index is -1.17. The van der Waals surface area contributed by atoms with Gasteiger partial charge in [0, 0.05) is 13.2 Å². The van der Waals surface area contributed by atoms with Crippen LogP contribution in [-0.2, 0) is 9.47 Å². The number of hydrogen-bond acceptors (Lipinski definition) is 2. The summed E-state index contributed by atoms with van der Waals surface area (Å²) >= 11 is 27.0. The van der Waals surface area contributed by atoms with E-state index in [0.29, 0.717) is 23.3 Å². The number of fused-ring (bicyclic) bond motifs is 5. The van der Waals surface area contributed by atoms with E-state index in [1.807, 2.05) is 13.8 Å². The van der Waals surface area contributed by atoms with Gasteiger partial charge in [-0.1, -0.05) is 29.6 Å². The molecule has 2 nitrogen and oxygen atoms in total. The minimum Gasteiger partial charge on any atom is -0.346 e. The first-order valence-electron chi connectivity index (χ1n) is 7.13. The summed E-state index contributed by atoms with van der Waals surface area (Å²) in [7, 11) is 0. The van der Waals surface area contributed by atoms with Crippen molar-refractivity contribution in [2.75, 3.05) is 13.2 Å². The Balaban J connectivity index is 2.22. The number of alkyl halides is 2. The number of rotatable bonds is 4. The Bertz CT molecular complexity index is 426. The van der Waals surface area contributed by atoms with Gasteiger partial charge in [-0.15, -0.1) is 23.2 Å². The van der Waals surface area contributed by atoms with Crippen LogP contribution in [-0.4, -0.2) is 28.7 Å². The van der Waals surface area contributed by atoms with E-state index < -0.39 is 15.5 Å². The highest BCUT2D eigenvalue weighted by molar-refractivity contribution is 6.52. The maximum atomic E-state index is 7.00. The third kappa shape index (κ3) is 1.42. The molecule has 0 aliphatic heterocycles. The summed E-state index contributed by atoms with van der Waals surface area (Å²) < 4.78 is 12.0. The van der Waals surface area contributed by atoms with Crippen molar-refractivity contribution in [2.24, 2.45) is 11.8 Å². The fourth-order valence-corrected chi connectivity index (χ4v) is 6.67. The van der Waals surface area contributed by atoms with Crippen LogP contribution in [0.25, 0.3) is 0 Å². The van der Waals surface area contributed by atoms with E-state index in [-0.39, 0.29) is 11.8 Å². The lowest BCUT2D eigenvalue weighted by Crippen LogP contribution is -2.59. The topological polar surface area (TPSA) is 18.5 Å². The second kappa shape index (κ2) is 4.91. The number of ether oxygens (including phenoxy) is 2. The lowest BCUT2D eigenvalue weighted by atomic mass is 9.85. The zero-order chi connectivity index (χ0) is 14.8. The molecule has 0 aromatic rings. The van der Waals surface area contributed by atoms with E-state index in [9.17, 15) is 0 Å². The van der Waals surface area contributed by atoms with Crippen molar-refractivity contribution >= 4 is 46.4 Å². The van der Waals surface area contributed by atoms with Crippen LogP contribution in [0.15, 0.2) is 10.1 Å². The first-order chi connectivity index (χ1) is 9.41. The predicted molar refractivity (Wildman–Crippen MR) is 82.7 cm³/mol. The maximum absolute atomic E-state index is 7.00. The fraction of sp³-hybridized carbons (Fsp3) is 0.857. The molecule has 6 heteroatoms. The Morgan fingerprint density at radius 1 is 0.950 bits per heavy atom. The van der Waals surface area contributed by atoms with E-state index >= 15 is 0 Å². The summed E-state index contributed by atoms with van der Waals surface area (Å²) in [6.45, 7) is 4.68. The first-order valence-corrected chi connectivity index (χ1v) is 8.64. The van der Waals surface area contributed by atoms with E-state index in [0.717, 1.165) is 19.3 Å². The van der Waals surface area contributed by atoms with Gasteiger partial charge in [0.1, 0.15) is 9.75 Å². The van der Waals surface area contributed by atoms with Gasteiger partial charge in [-0.2, -0.15) is 0 Å². The Labute approximate surface area is 139 Å². The Hall–Kier alpha value is 0.820. The minimum absolute atomic E-state index is 0.148. The molecule has 0 unspecified atom stereocenters. The molecule has 3 aliphatic carbocycles. The lowest BCUT2D eigenvalue weighted by Gasteiger charge is -2.43. The van der Waals surface area contributed by atoms with Gasteiger partial charge in [0.25, 0.3) is 0 Å². The molecule has 2 saturated carbocycles. The molecule has 0 amide bonds. The van der Waals surface area contributed by atoms with Crippen molar-refractivity contribution in [3.05, 3.63) is 10.1 Å². The van der Waals surface area contributed by atoms with Crippen LogP contribution < -0.4 is 0 Å². The first kappa shape index (κ1) is 15.7. The quantitative estimate of drug-likeness (QED) is 0.528. The van der Waals surface area contributed by atoms with Crippen molar-refractivity contribution in [3.63, 3.8) is 0 Å².